The molecule has 0 saturated carbocycles. The predicted octanol–water partition coefficient (Wildman–Crippen LogP) is 3.13. The van der Waals surface area contributed by atoms with Gasteiger partial charge >= 0.3 is 0 Å². The zero-order valence-corrected chi connectivity index (χ0v) is 12.9. The maximum Gasteiger partial charge on any atom is 0.236 e. The molecule has 5 nitrogen and oxygen atoms in total. The molecule has 2 heterocycles. The van der Waals surface area contributed by atoms with Crippen LogP contribution in [0, 0.1) is 6.92 Å². The third-order valence-electron chi connectivity index (χ3n) is 2.67. The predicted molar refractivity (Wildman–Crippen MR) is 85.7 cm³/mol. The minimum atomic E-state index is -0.0877. The van der Waals surface area contributed by atoms with Gasteiger partial charge in [0.2, 0.25) is 5.91 Å². The molecule has 0 unspecified atom stereocenters. The zero-order valence-electron chi connectivity index (χ0n) is 11.2. The number of nitrogens with zero attached hydrogens (tertiary/aromatic N) is 3. The summed E-state index contributed by atoms with van der Waals surface area (Å²) < 4.78 is 1.06. The lowest BCUT2D eigenvalue weighted by Crippen LogP contribution is -2.13. The number of anilines is 1. The van der Waals surface area contributed by atoms with Crippen molar-refractivity contribution in [2.75, 3.05) is 11.1 Å². The van der Waals surface area contributed by atoms with Crippen LogP contribution in [-0.4, -0.2) is 26.6 Å². The molecule has 1 N–H and O–H groups in total. The molecule has 106 valence electrons. The van der Waals surface area contributed by atoms with Gasteiger partial charge < -0.3 is 5.32 Å². The lowest BCUT2D eigenvalue weighted by atomic mass is 10.3. The van der Waals surface area contributed by atoms with Crippen LogP contribution in [0.1, 0.15) is 5.69 Å². The first kappa shape index (κ1) is 14.0. The van der Waals surface area contributed by atoms with Crippen LogP contribution in [0.25, 0.3) is 10.2 Å². The summed E-state index contributed by atoms with van der Waals surface area (Å²) in [6.45, 7) is 1.90. The van der Waals surface area contributed by atoms with E-state index >= 15 is 0 Å². The number of fused-ring (bicyclic) bond motifs is 1. The van der Waals surface area contributed by atoms with Gasteiger partial charge in [0.1, 0.15) is 11.4 Å². The lowest BCUT2D eigenvalue weighted by Gasteiger charge is -2.01. The van der Waals surface area contributed by atoms with E-state index in [0.29, 0.717) is 10.9 Å². The van der Waals surface area contributed by atoms with Gasteiger partial charge in [0.25, 0.3) is 0 Å². The van der Waals surface area contributed by atoms with E-state index in [1.807, 2.05) is 37.3 Å². The smallest absolute Gasteiger partial charge is 0.236 e. The summed E-state index contributed by atoms with van der Waals surface area (Å²) >= 11 is 2.85. The van der Waals surface area contributed by atoms with Gasteiger partial charge in [0.05, 0.1) is 16.0 Å². The second kappa shape index (κ2) is 6.19. The Morgan fingerprint density at radius 1 is 1.33 bits per heavy atom. The molecule has 1 aromatic carbocycles. The highest BCUT2D eigenvalue weighted by molar-refractivity contribution is 7.99. The van der Waals surface area contributed by atoms with E-state index in [9.17, 15) is 4.79 Å². The van der Waals surface area contributed by atoms with E-state index < -0.39 is 0 Å². The highest BCUT2D eigenvalue weighted by Crippen LogP contribution is 2.25. The van der Waals surface area contributed by atoms with Crippen LogP contribution in [0.3, 0.4) is 0 Å². The zero-order chi connectivity index (χ0) is 14.7. The van der Waals surface area contributed by atoms with Crippen LogP contribution in [0.4, 0.5) is 5.13 Å². The lowest BCUT2D eigenvalue weighted by molar-refractivity contribution is -0.113. The highest BCUT2D eigenvalue weighted by Gasteiger charge is 2.08. The van der Waals surface area contributed by atoms with E-state index in [1.54, 1.807) is 0 Å². The van der Waals surface area contributed by atoms with Crippen LogP contribution in [-0.2, 0) is 4.79 Å². The maximum absolute atomic E-state index is 11.9. The average molecular weight is 316 g/mol. The number of hydrogen-bond donors (Lipinski definition) is 1. The number of thiazole rings is 1. The van der Waals surface area contributed by atoms with Gasteiger partial charge in [-0.15, -0.1) is 0 Å². The summed E-state index contributed by atoms with van der Waals surface area (Å²) in [5.41, 5.74) is 1.79. The SMILES string of the molecule is Cc1cc(SCC(=O)Nc2nc3ccccc3s2)ncn1. The van der Waals surface area contributed by atoms with Gasteiger partial charge in [0.15, 0.2) is 5.13 Å². The summed E-state index contributed by atoms with van der Waals surface area (Å²) in [5, 5.41) is 4.24. The average Bonchev–Trinajstić information content (AvgIpc) is 2.87. The molecule has 3 aromatic rings. The Labute approximate surface area is 129 Å². The number of thioether (sulfide) groups is 1. The van der Waals surface area contributed by atoms with Gasteiger partial charge in [-0.1, -0.05) is 35.2 Å². The van der Waals surface area contributed by atoms with E-state index in [2.05, 4.69) is 20.3 Å². The first-order valence-electron chi connectivity index (χ1n) is 6.27. The maximum atomic E-state index is 11.9. The Bertz CT molecular complexity index is 754. The van der Waals surface area contributed by atoms with Crippen LogP contribution >= 0.6 is 23.1 Å². The number of carbonyl (C=O) groups is 1. The number of aryl methyl sites for hydroxylation is 1. The van der Waals surface area contributed by atoms with Crippen molar-refractivity contribution in [1.29, 1.82) is 0 Å². The van der Waals surface area contributed by atoms with E-state index in [0.717, 1.165) is 20.9 Å². The molecule has 0 aliphatic rings. The van der Waals surface area contributed by atoms with Crippen molar-refractivity contribution >= 4 is 44.4 Å². The topological polar surface area (TPSA) is 67.8 Å². The summed E-state index contributed by atoms with van der Waals surface area (Å²) in [7, 11) is 0. The largest absolute Gasteiger partial charge is 0.301 e. The van der Waals surface area contributed by atoms with Gasteiger partial charge in [-0.3, -0.25) is 4.79 Å². The van der Waals surface area contributed by atoms with Crippen molar-refractivity contribution in [2.24, 2.45) is 0 Å². The van der Waals surface area contributed by atoms with Gasteiger partial charge in [-0.05, 0) is 25.1 Å². The molecule has 21 heavy (non-hydrogen) atoms. The minimum absolute atomic E-state index is 0.0877. The fraction of sp³-hybridized carbons (Fsp3) is 0.143. The Morgan fingerprint density at radius 3 is 3.00 bits per heavy atom. The summed E-state index contributed by atoms with van der Waals surface area (Å²) in [5.74, 6) is 0.210. The van der Waals surface area contributed by atoms with Crippen molar-refractivity contribution in [3.8, 4) is 0 Å². The number of hydrogen-bond acceptors (Lipinski definition) is 6. The molecule has 1 amide bonds. The number of rotatable bonds is 4. The molecule has 0 fully saturated rings. The number of aromatic nitrogens is 3. The minimum Gasteiger partial charge on any atom is -0.301 e. The molecule has 2 aromatic heterocycles. The first-order chi connectivity index (χ1) is 10.2. The molecule has 3 rings (SSSR count). The molecule has 0 spiro atoms. The Morgan fingerprint density at radius 2 is 2.19 bits per heavy atom. The highest BCUT2D eigenvalue weighted by atomic mass is 32.2. The van der Waals surface area contributed by atoms with E-state index in [4.69, 9.17) is 0 Å². The standard InChI is InChI=1S/C14H12N4OS2/c1-9-6-13(16-8-15-9)20-7-12(19)18-14-17-10-4-2-3-5-11(10)21-14/h2-6,8H,7H2,1H3,(H,17,18,19). The number of benzene rings is 1. The molecule has 0 aliphatic carbocycles. The normalized spacial score (nSPS) is 10.7. The second-order valence-corrected chi connectivity index (χ2v) is 6.35. The third kappa shape index (κ3) is 3.56. The Kier molecular flexibility index (Phi) is 4.12. The molecule has 0 aliphatic heterocycles. The number of amides is 1. The van der Waals surface area contributed by atoms with Crippen LogP contribution in [0.15, 0.2) is 41.7 Å². The molecule has 0 atom stereocenters. The number of para-hydroxylation sites is 1. The quantitative estimate of drug-likeness (QED) is 0.591. The summed E-state index contributed by atoms with van der Waals surface area (Å²) in [4.78, 5) is 24.5. The fourth-order valence-corrected chi connectivity index (χ4v) is 3.34. The number of nitrogens with one attached hydrogen (secondary N) is 1. The Hall–Kier alpha value is -1.99. The molecule has 7 heteroatoms. The molecule has 0 radical (unpaired) electrons. The van der Waals surface area contributed by atoms with Crippen molar-refractivity contribution in [1.82, 2.24) is 15.0 Å². The second-order valence-electron chi connectivity index (χ2n) is 4.32. The van der Waals surface area contributed by atoms with Gasteiger partial charge in [-0.25, -0.2) is 15.0 Å². The monoisotopic (exact) mass is 316 g/mol. The van der Waals surface area contributed by atoms with Crippen molar-refractivity contribution < 1.29 is 4.79 Å². The summed E-state index contributed by atoms with van der Waals surface area (Å²) in [6.07, 6.45) is 1.50. The first-order valence-corrected chi connectivity index (χ1v) is 8.08. The van der Waals surface area contributed by atoms with E-state index in [1.165, 1.54) is 29.4 Å². The number of carbonyl (C=O) groups excluding carboxylic acids is 1. The fourth-order valence-electron chi connectivity index (χ4n) is 1.73. The van der Waals surface area contributed by atoms with E-state index in [-0.39, 0.29) is 5.91 Å². The Balaban J connectivity index is 1.61. The van der Waals surface area contributed by atoms with Crippen LogP contribution < -0.4 is 5.32 Å². The van der Waals surface area contributed by atoms with Gasteiger partial charge in [-0.2, -0.15) is 0 Å². The van der Waals surface area contributed by atoms with Crippen LogP contribution in [0.5, 0.6) is 0 Å². The van der Waals surface area contributed by atoms with Gasteiger partial charge in [0, 0.05) is 5.69 Å². The van der Waals surface area contributed by atoms with Crippen LogP contribution in [0.2, 0.25) is 0 Å². The third-order valence-corrected chi connectivity index (χ3v) is 4.55. The molecule has 0 saturated heterocycles. The molecular weight excluding hydrogens is 304 g/mol. The molecule has 0 bridgehead atoms. The summed E-state index contributed by atoms with van der Waals surface area (Å²) in [6, 6.07) is 9.66. The van der Waals surface area contributed by atoms with Crippen molar-refractivity contribution in [3.63, 3.8) is 0 Å². The van der Waals surface area contributed by atoms with Crippen molar-refractivity contribution in [2.45, 2.75) is 11.9 Å². The van der Waals surface area contributed by atoms with Crippen molar-refractivity contribution in [3.05, 3.63) is 42.4 Å². The molecular formula is C14H12N4OS2.